The molecular weight excluding hydrogens is 194 g/mol. The average Bonchev–Trinajstić information content (AvgIpc) is 2.72. The third-order valence-electron chi connectivity index (χ3n) is 3.36. The zero-order chi connectivity index (χ0) is 10.3. The van der Waals surface area contributed by atoms with E-state index in [4.69, 9.17) is 4.74 Å². The lowest BCUT2D eigenvalue weighted by Gasteiger charge is -2.06. The summed E-state index contributed by atoms with van der Waals surface area (Å²) in [7, 11) is 0. The zero-order valence-corrected chi connectivity index (χ0v) is 8.30. The van der Waals surface area contributed by atoms with Crippen molar-refractivity contribution in [2.45, 2.75) is 0 Å². The standard InChI is InChI=1S/C10H13N3O2/c14-10(13-2-1-11-6-13)12-3-7-8-4-15-5-9(7)8/h1-2,6-9H,3-5H2,(H,12,14). The number of hydrogen-bond donors (Lipinski definition) is 1. The van der Waals surface area contributed by atoms with E-state index in [2.05, 4.69) is 10.3 Å². The number of fused-ring (bicyclic) bond motifs is 1. The number of aromatic nitrogens is 2. The molecule has 2 aliphatic rings. The molecule has 1 N–H and O–H groups in total. The van der Waals surface area contributed by atoms with Crippen LogP contribution >= 0.6 is 0 Å². The molecule has 0 spiro atoms. The predicted molar refractivity (Wildman–Crippen MR) is 52.3 cm³/mol. The van der Waals surface area contributed by atoms with E-state index >= 15 is 0 Å². The molecule has 2 heterocycles. The van der Waals surface area contributed by atoms with Crippen LogP contribution in [0, 0.1) is 17.8 Å². The number of imidazole rings is 1. The van der Waals surface area contributed by atoms with Gasteiger partial charge in [-0.05, 0) is 17.8 Å². The molecular formula is C10H13N3O2. The van der Waals surface area contributed by atoms with Gasteiger partial charge in [-0.3, -0.25) is 4.57 Å². The van der Waals surface area contributed by atoms with Crippen molar-refractivity contribution in [3.05, 3.63) is 18.7 Å². The fourth-order valence-electron chi connectivity index (χ4n) is 2.34. The fourth-order valence-corrected chi connectivity index (χ4v) is 2.34. The molecule has 80 valence electrons. The molecule has 1 saturated heterocycles. The van der Waals surface area contributed by atoms with Crippen molar-refractivity contribution < 1.29 is 9.53 Å². The first-order valence-corrected chi connectivity index (χ1v) is 5.20. The van der Waals surface area contributed by atoms with Gasteiger partial charge in [0.05, 0.1) is 13.2 Å². The second-order valence-electron chi connectivity index (χ2n) is 4.19. The summed E-state index contributed by atoms with van der Waals surface area (Å²) in [6.45, 7) is 2.50. The van der Waals surface area contributed by atoms with Crippen LogP contribution in [0.4, 0.5) is 4.79 Å². The minimum atomic E-state index is -0.0987. The summed E-state index contributed by atoms with van der Waals surface area (Å²) >= 11 is 0. The number of carbonyl (C=O) groups excluding carboxylic acids is 1. The van der Waals surface area contributed by atoms with Crippen molar-refractivity contribution in [1.29, 1.82) is 0 Å². The smallest absolute Gasteiger partial charge is 0.326 e. The van der Waals surface area contributed by atoms with Crippen LogP contribution in [0.15, 0.2) is 18.7 Å². The Morgan fingerprint density at radius 3 is 3.00 bits per heavy atom. The van der Waals surface area contributed by atoms with Crippen molar-refractivity contribution >= 4 is 6.03 Å². The molecule has 5 nitrogen and oxygen atoms in total. The Kier molecular flexibility index (Phi) is 1.98. The Morgan fingerprint density at radius 2 is 2.33 bits per heavy atom. The second kappa shape index (κ2) is 3.34. The number of ether oxygens (including phenoxy) is 1. The summed E-state index contributed by atoms with van der Waals surface area (Å²) in [4.78, 5) is 15.4. The van der Waals surface area contributed by atoms with Gasteiger partial charge in [0.15, 0.2) is 0 Å². The molecule has 0 bridgehead atoms. The van der Waals surface area contributed by atoms with Gasteiger partial charge in [-0.25, -0.2) is 9.78 Å². The number of carbonyl (C=O) groups is 1. The highest BCUT2D eigenvalue weighted by atomic mass is 16.5. The maximum absolute atomic E-state index is 11.5. The predicted octanol–water partition coefficient (Wildman–Crippen LogP) is 0.333. The van der Waals surface area contributed by atoms with Crippen molar-refractivity contribution in [2.75, 3.05) is 19.8 Å². The van der Waals surface area contributed by atoms with Crippen molar-refractivity contribution in [1.82, 2.24) is 14.9 Å². The minimum absolute atomic E-state index is 0.0987. The molecule has 0 radical (unpaired) electrons. The van der Waals surface area contributed by atoms with Gasteiger partial charge in [-0.1, -0.05) is 0 Å². The van der Waals surface area contributed by atoms with E-state index in [9.17, 15) is 4.79 Å². The third kappa shape index (κ3) is 1.52. The molecule has 2 unspecified atom stereocenters. The summed E-state index contributed by atoms with van der Waals surface area (Å²) in [6, 6.07) is -0.0987. The van der Waals surface area contributed by atoms with Crippen LogP contribution in [0.5, 0.6) is 0 Å². The highest BCUT2D eigenvalue weighted by molar-refractivity contribution is 5.76. The number of nitrogens with one attached hydrogen (secondary N) is 1. The van der Waals surface area contributed by atoms with E-state index in [0.717, 1.165) is 19.8 Å². The second-order valence-corrected chi connectivity index (χ2v) is 4.19. The average molecular weight is 207 g/mol. The number of hydrogen-bond acceptors (Lipinski definition) is 3. The SMILES string of the molecule is O=C(NCC1C2COCC12)n1ccnc1. The van der Waals surface area contributed by atoms with Gasteiger partial charge >= 0.3 is 6.03 Å². The molecule has 15 heavy (non-hydrogen) atoms. The molecule has 1 aromatic heterocycles. The fraction of sp³-hybridized carbons (Fsp3) is 0.600. The molecule has 1 saturated carbocycles. The Morgan fingerprint density at radius 1 is 1.53 bits per heavy atom. The molecule has 1 aliphatic heterocycles. The van der Waals surface area contributed by atoms with Crippen LogP contribution in [-0.2, 0) is 4.74 Å². The quantitative estimate of drug-likeness (QED) is 0.760. The highest BCUT2D eigenvalue weighted by Crippen LogP contribution is 2.50. The van der Waals surface area contributed by atoms with Crippen LogP contribution in [0.1, 0.15) is 0 Å². The summed E-state index contributed by atoms with van der Waals surface area (Å²) < 4.78 is 6.74. The normalized spacial score (nSPS) is 32.4. The summed E-state index contributed by atoms with van der Waals surface area (Å²) in [5.74, 6) is 2.01. The molecule has 0 aromatic carbocycles. The van der Waals surface area contributed by atoms with Gasteiger partial charge in [-0.2, -0.15) is 0 Å². The number of amides is 1. The molecule has 1 amide bonds. The van der Waals surface area contributed by atoms with Crippen LogP contribution in [-0.4, -0.2) is 35.3 Å². The Hall–Kier alpha value is -1.36. The molecule has 1 aromatic rings. The lowest BCUT2D eigenvalue weighted by molar-refractivity contribution is 0.151. The monoisotopic (exact) mass is 207 g/mol. The first kappa shape index (κ1) is 8.91. The van der Waals surface area contributed by atoms with E-state index in [-0.39, 0.29) is 6.03 Å². The van der Waals surface area contributed by atoms with Gasteiger partial charge in [-0.15, -0.1) is 0 Å². The van der Waals surface area contributed by atoms with E-state index < -0.39 is 0 Å². The van der Waals surface area contributed by atoms with Gasteiger partial charge in [0, 0.05) is 18.9 Å². The lowest BCUT2D eigenvalue weighted by atomic mass is 10.3. The van der Waals surface area contributed by atoms with Crippen LogP contribution in [0.25, 0.3) is 0 Å². The first-order valence-electron chi connectivity index (χ1n) is 5.20. The van der Waals surface area contributed by atoms with Crippen molar-refractivity contribution in [3.8, 4) is 0 Å². The molecule has 3 rings (SSSR count). The summed E-state index contributed by atoms with van der Waals surface area (Å²) in [5.41, 5.74) is 0. The van der Waals surface area contributed by atoms with Crippen molar-refractivity contribution in [3.63, 3.8) is 0 Å². The van der Waals surface area contributed by atoms with E-state index in [1.54, 1.807) is 12.4 Å². The maximum Gasteiger partial charge on any atom is 0.326 e. The van der Waals surface area contributed by atoms with Crippen molar-refractivity contribution in [2.24, 2.45) is 17.8 Å². The van der Waals surface area contributed by atoms with Gasteiger partial charge < -0.3 is 10.1 Å². The van der Waals surface area contributed by atoms with Crippen LogP contribution in [0.3, 0.4) is 0 Å². The molecule has 2 fully saturated rings. The van der Waals surface area contributed by atoms with Gasteiger partial charge in [0.2, 0.25) is 0 Å². The summed E-state index contributed by atoms with van der Waals surface area (Å²) in [5, 5.41) is 2.90. The molecule has 2 atom stereocenters. The van der Waals surface area contributed by atoms with Crippen LogP contribution in [0.2, 0.25) is 0 Å². The van der Waals surface area contributed by atoms with E-state index in [1.165, 1.54) is 10.9 Å². The molecule has 1 aliphatic carbocycles. The van der Waals surface area contributed by atoms with Gasteiger partial charge in [0.25, 0.3) is 0 Å². The third-order valence-corrected chi connectivity index (χ3v) is 3.36. The van der Waals surface area contributed by atoms with Crippen LogP contribution < -0.4 is 5.32 Å². The minimum Gasteiger partial charge on any atom is -0.381 e. The number of rotatable bonds is 2. The Balaban J connectivity index is 1.49. The lowest BCUT2D eigenvalue weighted by Crippen LogP contribution is -2.30. The maximum atomic E-state index is 11.5. The topological polar surface area (TPSA) is 56.1 Å². The van der Waals surface area contributed by atoms with E-state index in [0.29, 0.717) is 17.8 Å². The van der Waals surface area contributed by atoms with E-state index in [1.807, 2.05) is 0 Å². The Labute approximate surface area is 87.4 Å². The first-order chi connectivity index (χ1) is 7.36. The Bertz CT molecular complexity index is 353. The van der Waals surface area contributed by atoms with Gasteiger partial charge in [0.1, 0.15) is 6.33 Å². The largest absolute Gasteiger partial charge is 0.381 e. The zero-order valence-electron chi connectivity index (χ0n) is 8.30. The number of nitrogens with zero attached hydrogens (tertiary/aromatic N) is 2. The molecule has 5 heteroatoms. The summed E-state index contributed by atoms with van der Waals surface area (Å²) in [6.07, 6.45) is 4.75. The highest BCUT2D eigenvalue weighted by Gasteiger charge is 2.53.